The maximum atomic E-state index is 13.1. The van der Waals surface area contributed by atoms with Crippen molar-refractivity contribution in [2.24, 2.45) is 0 Å². The third-order valence-electron chi connectivity index (χ3n) is 5.27. The molecule has 0 fully saturated rings. The molecule has 0 atom stereocenters. The molecule has 0 bridgehead atoms. The fourth-order valence-corrected chi connectivity index (χ4v) is 3.35. The topological polar surface area (TPSA) is 121 Å². The highest BCUT2D eigenvalue weighted by atomic mass is 16.6. The molecule has 0 saturated carbocycles. The summed E-state index contributed by atoms with van der Waals surface area (Å²) in [6, 6.07) is 20.7. The van der Waals surface area contributed by atoms with Gasteiger partial charge in [0.25, 0.3) is 11.6 Å². The number of carbonyl (C=O) groups excluding carboxylic acids is 1. The van der Waals surface area contributed by atoms with Crippen LogP contribution in [0.15, 0.2) is 78.9 Å². The number of anilines is 1. The zero-order chi connectivity index (χ0) is 25.5. The fourth-order valence-electron chi connectivity index (χ4n) is 3.35. The highest BCUT2D eigenvalue weighted by Crippen LogP contribution is 2.22. The molecule has 4 aromatic rings. The quantitative estimate of drug-likeness (QED) is 0.203. The largest absolute Gasteiger partial charge is 0.497 e. The number of aromatic nitrogens is 3. The number of carbonyl (C=O) groups is 1. The van der Waals surface area contributed by atoms with Crippen LogP contribution >= 0.6 is 0 Å². The van der Waals surface area contributed by atoms with Gasteiger partial charge < -0.3 is 14.8 Å². The average Bonchev–Trinajstić information content (AvgIpc) is 3.35. The molecule has 36 heavy (non-hydrogen) atoms. The number of nitrogens with one attached hydrogen (secondary N) is 1. The SMILES string of the molecule is COc1ccc(CNc2nc(-c3ccc(OC)cc3)nn2C(=O)C=Cc2cccc([N+](=O)[O-])c2)cc1. The first-order chi connectivity index (χ1) is 17.5. The molecule has 10 nitrogen and oxygen atoms in total. The second-order valence-electron chi connectivity index (χ2n) is 7.62. The lowest BCUT2D eigenvalue weighted by Gasteiger charge is -2.07. The minimum absolute atomic E-state index is 0.0611. The minimum Gasteiger partial charge on any atom is -0.497 e. The third kappa shape index (κ3) is 5.73. The van der Waals surface area contributed by atoms with Gasteiger partial charge in [-0.3, -0.25) is 14.9 Å². The van der Waals surface area contributed by atoms with Crippen LogP contribution in [-0.4, -0.2) is 39.8 Å². The molecule has 182 valence electrons. The number of ether oxygens (including phenoxy) is 2. The van der Waals surface area contributed by atoms with E-state index in [-0.39, 0.29) is 11.6 Å². The van der Waals surface area contributed by atoms with Crippen LogP contribution in [0.25, 0.3) is 17.5 Å². The molecule has 1 heterocycles. The zero-order valence-corrected chi connectivity index (χ0v) is 19.6. The molecule has 0 unspecified atom stereocenters. The summed E-state index contributed by atoms with van der Waals surface area (Å²) in [6.45, 7) is 0.395. The predicted octanol–water partition coefficient (Wildman–Crippen LogP) is 4.84. The number of rotatable bonds is 9. The number of hydrogen-bond acceptors (Lipinski definition) is 8. The molecule has 0 amide bonds. The Bertz CT molecular complexity index is 1400. The molecule has 1 aromatic heterocycles. The number of nitro benzene ring substituents is 1. The number of methoxy groups -OCH3 is 2. The Morgan fingerprint density at radius 2 is 1.69 bits per heavy atom. The first-order valence-electron chi connectivity index (χ1n) is 10.9. The summed E-state index contributed by atoms with van der Waals surface area (Å²) >= 11 is 0. The maximum absolute atomic E-state index is 13.1. The molecule has 0 radical (unpaired) electrons. The van der Waals surface area contributed by atoms with Crippen LogP contribution in [-0.2, 0) is 6.54 Å². The normalized spacial score (nSPS) is 10.8. The van der Waals surface area contributed by atoms with Gasteiger partial charge in [-0.1, -0.05) is 24.3 Å². The molecule has 0 aliphatic heterocycles. The number of non-ortho nitro benzene ring substituents is 1. The fraction of sp³-hybridized carbons (Fsp3) is 0.115. The van der Waals surface area contributed by atoms with Gasteiger partial charge in [0.2, 0.25) is 5.95 Å². The van der Waals surface area contributed by atoms with Crippen molar-refractivity contribution in [2.75, 3.05) is 19.5 Å². The first kappa shape index (κ1) is 24.1. The first-order valence-corrected chi connectivity index (χ1v) is 10.9. The van der Waals surface area contributed by atoms with E-state index in [1.54, 1.807) is 50.6 Å². The van der Waals surface area contributed by atoms with E-state index in [2.05, 4.69) is 15.4 Å². The maximum Gasteiger partial charge on any atom is 0.274 e. The predicted molar refractivity (Wildman–Crippen MR) is 135 cm³/mol. The van der Waals surface area contributed by atoms with Crippen LogP contribution in [0.4, 0.5) is 11.6 Å². The lowest BCUT2D eigenvalue weighted by molar-refractivity contribution is -0.384. The van der Waals surface area contributed by atoms with Gasteiger partial charge in [0, 0.05) is 30.3 Å². The van der Waals surface area contributed by atoms with Crippen molar-refractivity contribution >= 4 is 23.6 Å². The Balaban J connectivity index is 1.61. The number of allylic oxidation sites excluding steroid dienone is 1. The molecule has 0 aliphatic rings. The Morgan fingerprint density at radius 3 is 2.33 bits per heavy atom. The molecule has 0 spiro atoms. The van der Waals surface area contributed by atoms with Gasteiger partial charge in [-0.25, -0.2) is 0 Å². The average molecular weight is 486 g/mol. The van der Waals surface area contributed by atoms with Crippen molar-refractivity contribution in [3.8, 4) is 22.9 Å². The third-order valence-corrected chi connectivity index (χ3v) is 5.27. The number of nitro groups is 1. The van der Waals surface area contributed by atoms with E-state index in [9.17, 15) is 14.9 Å². The lowest BCUT2D eigenvalue weighted by Crippen LogP contribution is -2.14. The molecule has 0 aliphatic carbocycles. The summed E-state index contributed by atoms with van der Waals surface area (Å²) in [7, 11) is 3.18. The van der Waals surface area contributed by atoms with Crippen LogP contribution in [0.3, 0.4) is 0 Å². The van der Waals surface area contributed by atoms with Crippen LogP contribution in [0, 0.1) is 10.1 Å². The zero-order valence-electron chi connectivity index (χ0n) is 19.6. The van der Waals surface area contributed by atoms with Gasteiger partial charge in [-0.2, -0.15) is 9.67 Å². The molecule has 1 N–H and O–H groups in total. The van der Waals surface area contributed by atoms with Crippen molar-refractivity contribution in [3.05, 3.63) is 100 Å². The molecule has 0 saturated heterocycles. The Morgan fingerprint density at radius 1 is 1.03 bits per heavy atom. The number of nitrogens with zero attached hydrogens (tertiary/aromatic N) is 4. The van der Waals surface area contributed by atoms with Gasteiger partial charge in [-0.15, -0.1) is 5.10 Å². The van der Waals surface area contributed by atoms with Crippen molar-refractivity contribution in [1.82, 2.24) is 14.8 Å². The van der Waals surface area contributed by atoms with Gasteiger partial charge >= 0.3 is 0 Å². The van der Waals surface area contributed by atoms with E-state index < -0.39 is 10.8 Å². The summed E-state index contributed by atoms with van der Waals surface area (Å²) in [5, 5.41) is 18.6. The molecule has 4 rings (SSSR count). The van der Waals surface area contributed by atoms with Gasteiger partial charge in [0.15, 0.2) is 5.82 Å². The monoisotopic (exact) mass is 485 g/mol. The number of hydrogen-bond donors (Lipinski definition) is 1. The Labute approximate surface area is 207 Å². The molecule has 10 heteroatoms. The van der Waals surface area contributed by atoms with Crippen LogP contribution < -0.4 is 14.8 Å². The van der Waals surface area contributed by atoms with E-state index in [0.717, 1.165) is 16.0 Å². The van der Waals surface area contributed by atoms with Crippen LogP contribution in [0.2, 0.25) is 0 Å². The van der Waals surface area contributed by atoms with Crippen LogP contribution in [0.5, 0.6) is 11.5 Å². The molecular formula is C26H23N5O5. The second kappa shape index (κ2) is 11.0. The van der Waals surface area contributed by atoms with E-state index >= 15 is 0 Å². The lowest BCUT2D eigenvalue weighted by atomic mass is 10.2. The summed E-state index contributed by atoms with van der Waals surface area (Å²) in [4.78, 5) is 28.1. The highest BCUT2D eigenvalue weighted by Gasteiger charge is 2.16. The molecular weight excluding hydrogens is 462 g/mol. The summed E-state index contributed by atoms with van der Waals surface area (Å²) < 4.78 is 11.6. The van der Waals surface area contributed by atoms with E-state index in [1.807, 2.05) is 24.3 Å². The van der Waals surface area contributed by atoms with Gasteiger partial charge in [0.05, 0.1) is 19.1 Å². The summed E-state index contributed by atoms with van der Waals surface area (Å²) in [5.41, 5.74) is 2.11. The summed E-state index contributed by atoms with van der Waals surface area (Å²) in [5.74, 6) is 1.57. The Kier molecular flexibility index (Phi) is 7.35. The second-order valence-corrected chi connectivity index (χ2v) is 7.62. The van der Waals surface area contributed by atoms with E-state index in [1.165, 1.54) is 24.3 Å². The smallest absolute Gasteiger partial charge is 0.274 e. The van der Waals surface area contributed by atoms with Crippen LogP contribution in [0.1, 0.15) is 15.9 Å². The summed E-state index contributed by atoms with van der Waals surface area (Å²) in [6.07, 6.45) is 2.79. The minimum atomic E-state index is -0.487. The Hall–Kier alpha value is -4.99. The standard InChI is InChI=1S/C26H23N5O5/c1-35-22-11-6-19(7-12-22)17-27-26-28-25(20-9-13-23(36-2)14-10-20)29-30(26)24(32)15-8-18-4-3-5-21(16-18)31(33)34/h3-16H,17H2,1-2H3,(H,27,28,29). The van der Waals surface area contributed by atoms with Crippen molar-refractivity contribution in [1.29, 1.82) is 0 Å². The van der Waals surface area contributed by atoms with Gasteiger partial charge in [0.1, 0.15) is 11.5 Å². The van der Waals surface area contributed by atoms with E-state index in [4.69, 9.17) is 9.47 Å². The van der Waals surface area contributed by atoms with Crippen molar-refractivity contribution < 1.29 is 19.2 Å². The van der Waals surface area contributed by atoms with Crippen molar-refractivity contribution in [2.45, 2.75) is 6.54 Å². The number of benzene rings is 3. The van der Waals surface area contributed by atoms with Gasteiger partial charge in [-0.05, 0) is 53.6 Å². The van der Waals surface area contributed by atoms with Crippen molar-refractivity contribution in [3.63, 3.8) is 0 Å². The van der Waals surface area contributed by atoms with E-state index in [0.29, 0.717) is 29.2 Å². The molecule has 3 aromatic carbocycles. The highest BCUT2D eigenvalue weighted by molar-refractivity contribution is 5.95.